The summed E-state index contributed by atoms with van der Waals surface area (Å²) in [6.45, 7) is 1.12. The first-order chi connectivity index (χ1) is 7.98. The number of ether oxygens (including phenoxy) is 1. The molecule has 2 rings (SSSR count). The summed E-state index contributed by atoms with van der Waals surface area (Å²) >= 11 is 0. The molecule has 0 spiro atoms. The van der Waals surface area contributed by atoms with E-state index in [0.29, 0.717) is 26.1 Å². The second-order valence-electron chi connectivity index (χ2n) is 5.28. The van der Waals surface area contributed by atoms with E-state index in [1.807, 2.05) is 0 Å². The number of alkyl halides is 3. The average Bonchev–Trinajstić information content (AvgIpc) is 2.80. The van der Waals surface area contributed by atoms with Gasteiger partial charge in [0.25, 0.3) is 0 Å². The molecule has 17 heavy (non-hydrogen) atoms. The topological polar surface area (TPSA) is 29.5 Å². The van der Waals surface area contributed by atoms with Crippen molar-refractivity contribution in [3.63, 3.8) is 0 Å². The first-order valence-electron chi connectivity index (χ1n) is 6.31. The van der Waals surface area contributed by atoms with Gasteiger partial charge in [-0.05, 0) is 31.6 Å². The van der Waals surface area contributed by atoms with E-state index in [2.05, 4.69) is 0 Å². The highest BCUT2D eigenvalue weighted by molar-refractivity contribution is 4.85. The van der Waals surface area contributed by atoms with Crippen LogP contribution in [0.1, 0.15) is 32.1 Å². The number of hydrogen-bond donors (Lipinski definition) is 1. The van der Waals surface area contributed by atoms with Gasteiger partial charge in [0.1, 0.15) is 0 Å². The van der Waals surface area contributed by atoms with Gasteiger partial charge in [-0.2, -0.15) is 13.2 Å². The Hall–Kier alpha value is -0.290. The van der Waals surface area contributed by atoms with Crippen molar-refractivity contribution < 1.29 is 23.0 Å². The largest absolute Gasteiger partial charge is 0.392 e. The van der Waals surface area contributed by atoms with Gasteiger partial charge >= 0.3 is 6.18 Å². The fourth-order valence-corrected chi connectivity index (χ4v) is 3.04. The van der Waals surface area contributed by atoms with E-state index in [1.54, 1.807) is 0 Å². The lowest BCUT2D eigenvalue weighted by atomic mass is 9.75. The van der Waals surface area contributed by atoms with Crippen molar-refractivity contribution in [3.05, 3.63) is 0 Å². The predicted octanol–water partition coefficient (Wildman–Crippen LogP) is 2.75. The van der Waals surface area contributed by atoms with Gasteiger partial charge in [-0.25, -0.2) is 0 Å². The molecule has 0 aromatic carbocycles. The van der Waals surface area contributed by atoms with Crippen molar-refractivity contribution >= 4 is 0 Å². The lowest BCUT2D eigenvalue weighted by Crippen LogP contribution is -2.37. The lowest BCUT2D eigenvalue weighted by molar-refractivity contribution is -0.189. The van der Waals surface area contributed by atoms with Crippen molar-refractivity contribution in [2.45, 2.75) is 44.4 Å². The Kier molecular flexibility index (Phi) is 3.98. The predicted molar refractivity (Wildman–Crippen MR) is 56.4 cm³/mol. The Bertz CT molecular complexity index is 249. The van der Waals surface area contributed by atoms with Gasteiger partial charge < -0.3 is 9.84 Å². The third-order valence-electron chi connectivity index (χ3n) is 4.11. The van der Waals surface area contributed by atoms with Gasteiger partial charge in [0, 0.05) is 12.5 Å². The Morgan fingerprint density at radius 3 is 2.47 bits per heavy atom. The second kappa shape index (κ2) is 5.14. The summed E-state index contributed by atoms with van der Waals surface area (Å²) in [5, 5.41) is 10.1. The molecular weight excluding hydrogens is 233 g/mol. The summed E-state index contributed by atoms with van der Waals surface area (Å²) in [4.78, 5) is 0. The van der Waals surface area contributed by atoms with Crippen LogP contribution in [0.4, 0.5) is 13.2 Å². The van der Waals surface area contributed by atoms with Crippen LogP contribution in [-0.2, 0) is 4.74 Å². The van der Waals surface area contributed by atoms with Crippen molar-refractivity contribution in [1.82, 2.24) is 0 Å². The molecule has 0 amide bonds. The third kappa shape index (κ3) is 3.13. The Labute approximate surface area is 99.1 Å². The molecule has 4 atom stereocenters. The zero-order valence-electron chi connectivity index (χ0n) is 9.75. The van der Waals surface area contributed by atoms with Crippen molar-refractivity contribution in [2.75, 3.05) is 13.2 Å². The number of aliphatic hydroxyl groups excluding tert-OH is 1. The van der Waals surface area contributed by atoms with Gasteiger partial charge in [0.05, 0.1) is 18.6 Å². The summed E-state index contributed by atoms with van der Waals surface area (Å²) in [5.74, 6) is -1.40. The van der Waals surface area contributed by atoms with Crippen LogP contribution in [0.15, 0.2) is 0 Å². The average molecular weight is 252 g/mol. The smallest absolute Gasteiger partial charge is 0.391 e. The summed E-state index contributed by atoms with van der Waals surface area (Å²) in [7, 11) is 0. The molecular formula is C12H19F3O2. The fourth-order valence-electron chi connectivity index (χ4n) is 3.04. The van der Waals surface area contributed by atoms with Gasteiger partial charge in [0.2, 0.25) is 0 Å². The summed E-state index contributed by atoms with van der Waals surface area (Å²) in [6.07, 6.45) is -2.37. The molecule has 1 aliphatic heterocycles. The zero-order chi connectivity index (χ0) is 12.5. The Morgan fingerprint density at radius 1 is 1.12 bits per heavy atom. The zero-order valence-corrected chi connectivity index (χ0v) is 9.75. The van der Waals surface area contributed by atoms with Gasteiger partial charge in [-0.3, -0.25) is 0 Å². The molecule has 2 aliphatic rings. The Morgan fingerprint density at radius 2 is 1.88 bits per heavy atom. The second-order valence-corrected chi connectivity index (χ2v) is 5.28. The van der Waals surface area contributed by atoms with E-state index in [4.69, 9.17) is 4.74 Å². The molecule has 0 bridgehead atoms. The first-order valence-corrected chi connectivity index (χ1v) is 6.31. The van der Waals surface area contributed by atoms with Crippen molar-refractivity contribution in [1.29, 1.82) is 0 Å². The normalized spacial score (nSPS) is 37.1. The molecule has 2 fully saturated rings. The standard InChI is InChI=1S/C12H19F3O2/c13-12(14,15)10-3-1-2-8(6-10)11(16)9-4-5-17-7-9/h8-11,16H,1-7H2. The minimum atomic E-state index is -4.11. The van der Waals surface area contributed by atoms with E-state index in [9.17, 15) is 18.3 Å². The molecule has 2 nitrogen and oxygen atoms in total. The van der Waals surface area contributed by atoms with Gasteiger partial charge in [0.15, 0.2) is 0 Å². The minimum absolute atomic E-state index is 0.0342. The van der Waals surface area contributed by atoms with Crippen molar-refractivity contribution in [2.24, 2.45) is 17.8 Å². The van der Waals surface area contributed by atoms with E-state index in [-0.39, 0.29) is 24.7 Å². The summed E-state index contributed by atoms with van der Waals surface area (Å²) in [6, 6.07) is 0. The molecule has 5 heteroatoms. The van der Waals surface area contributed by atoms with Crippen molar-refractivity contribution in [3.8, 4) is 0 Å². The number of rotatable bonds is 2. The molecule has 0 aromatic heterocycles. The summed E-state index contributed by atoms with van der Waals surface area (Å²) < 4.78 is 43.1. The van der Waals surface area contributed by atoms with Gasteiger partial charge in [-0.15, -0.1) is 0 Å². The molecule has 0 aromatic rings. The van der Waals surface area contributed by atoms with E-state index in [0.717, 1.165) is 6.42 Å². The fraction of sp³-hybridized carbons (Fsp3) is 1.00. The molecule has 100 valence electrons. The SMILES string of the molecule is OC(C1CCOC1)C1CCCC(C(F)(F)F)C1. The number of aliphatic hydroxyl groups is 1. The molecule has 4 unspecified atom stereocenters. The highest BCUT2D eigenvalue weighted by atomic mass is 19.4. The molecule has 1 heterocycles. The highest BCUT2D eigenvalue weighted by Gasteiger charge is 2.44. The molecule has 1 saturated carbocycles. The minimum Gasteiger partial charge on any atom is -0.392 e. The monoisotopic (exact) mass is 252 g/mol. The molecule has 1 saturated heterocycles. The molecule has 1 aliphatic carbocycles. The van der Waals surface area contributed by atoms with E-state index >= 15 is 0 Å². The maximum absolute atomic E-state index is 12.6. The number of halogens is 3. The maximum Gasteiger partial charge on any atom is 0.391 e. The highest BCUT2D eigenvalue weighted by Crippen LogP contribution is 2.42. The van der Waals surface area contributed by atoms with Crippen LogP contribution in [0.5, 0.6) is 0 Å². The Balaban J connectivity index is 1.92. The molecule has 1 N–H and O–H groups in total. The van der Waals surface area contributed by atoms with Crippen LogP contribution < -0.4 is 0 Å². The quantitative estimate of drug-likeness (QED) is 0.818. The van der Waals surface area contributed by atoms with Gasteiger partial charge in [-0.1, -0.05) is 6.42 Å². The van der Waals surface area contributed by atoms with Crippen LogP contribution in [0.2, 0.25) is 0 Å². The van der Waals surface area contributed by atoms with E-state index < -0.39 is 18.2 Å². The van der Waals surface area contributed by atoms with Crippen LogP contribution in [-0.4, -0.2) is 30.6 Å². The summed E-state index contributed by atoms with van der Waals surface area (Å²) in [5.41, 5.74) is 0. The van der Waals surface area contributed by atoms with Crippen LogP contribution >= 0.6 is 0 Å². The van der Waals surface area contributed by atoms with E-state index in [1.165, 1.54) is 0 Å². The van der Waals surface area contributed by atoms with Crippen LogP contribution in [0.3, 0.4) is 0 Å². The number of hydrogen-bond acceptors (Lipinski definition) is 2. The molecule has 0 radical (unpaired) electrons. The maximum atomic E-state index is 12.6. The lowest BCUT2D eigenvalue weighted by Gasteiger charge is -2.35. The third-order valence-corrected chi connectivity index (χ3v) is 4.11. The first kappa shape index (κ1) is 13.1. The van der Waals surface area contributed by atoms with Crippen LogP contribution in [0.25, 0.3) is 0 Å². The van der Waals surface area contributed by atoms with Crippen LogP contribution in [0, 0.1) is 17.8 Å².